The van der Waals surface area contributed by atoms with Crippen LogP contribution in [0.15, 0.2) is 84.9 Å². The third-order valence-electron chi connectivity index (χ3n) is 8.94. The molecule has 1 amide bonds. The molecule has 0 aliphatic carbocycles. The number of carbonyl (C=O) groups excluding carboxylic acids is 1. The quantitative estimate of drug-likeness (QED) is 0.145. The summed E-state index contributed by atoms with van der Waals surface area (Å²) >= 11 is 0. The Morgan fingerprint density at radius 2 is 1.44 bits per heavy atom. The monoisotopic (exact) mass is 603 g/mol. The number of hydrogen-bond donors (Lipinski definition) is 4. The number of piperazine rings is 1. The van der Waals surface area contributed by atoms with Gasteiger partial charge in [-0.15, -0.1) is 0 Å². The molecule has 2 heterocycles. The molecule has 4 aromatic carbocycles. The van der Waals surface area contributed by atoms with Gasteiger partial charge in [-0.25, -0.2) is 0 Å². The molecule has 5 aromatic rings. The number of fused-ring (bicyclic) bond motifs is 1. The average molecular weight is 604 g/mol. The first-order valence-corrected chi connectivity index (χ1v) is 15.6. The summed E-state index contributed by atoms with van der Waals surface area (Å²) in [4.78, 5) is 17.9. The van der Waals surface area contributed by atoms with Crippen LogP contribution in [0.1, 0.15) is 28.0 Å². The van der Waals surface area contributed by atoms with E-state index < -0.39 is 0 Å². The lowest BCUT2D eigenvalue weighted by atomic mass is 10.0. The maximum atomic E-state index is 13.0. The van der Waals surface area contributed by atoms with Gasteiger partial charge in [0.2, 0.25) is 0 Å². The maximum absolute atomic E-state index is 13.0. The zero-order chi connectivity index (χ0) is 31.5. The second kappa shape index (κ2) is 13.1. The molecule has 1 fully saturated rings. The molecule has 0 unspecified atom stereocenters. The number of rotatable bonds is 9. The molecule has 1 aliphatic rings. The number of likely N-dealkylation sites (N-methyl/N-ethyl adjacent to an activating group) is 1. The van der Waals surface area contributed by atoms with Crippen LogP contribution in [0.5, 0.6) is 11.5 Å². The number of phenolic OH excluding ortho intramolecular Hbond substituents is 2. The van der Waals surface area contributed by atoms with Gasteiger partial charge in [-0.1, -0.05) is 30.3 Å². The third kappa shape index (κ3) is 6.67. The Hall–Kier alpha value is -4.79. The minimum Gasteiger partial charge on any atom is -0.507 e. The summed E-state index contributed by atoms with van der Waals surface area (Å²) in [5.41, 5.74) is 7.51. The molecule has 8 nitrogen and oxygen atoms in total. The van der Waals surface area contributed by atoms with Gasteiger partial charge in [0.25, 0.3) is 5.91 Å². The predicted molar refractivity (Wildman–Crippen MR) is 183 cm³/mol. The number of nitrogens with zero attached hydrogens (tertiary/aromatic N) is 3. The van der Waals surface area contributed by atoms with E-state index in [-0.39, 0.29) is 17.4 Å². The van der Waals surface area contributed by atoms with Gasteiger partial charge >= 0.3 is 0 Å². The van der Waals surface area contributed by atoms with Gasteiger partial charge in [0.1, 0.15) is 11.5 Å². The summed E-state index contributed by atoms with van der Waals surface area (Å²) < 4.78 is 2.45. The lowest BCUT2D eigenvalue weighted by molar-refractivity contribution is 0.102. The summed E-state index contributed by atoms with van der Waals surface area (Å²) in [5, 5.41) is 28.6. The van der Waals surface area contributed by atoms with Crippen LogP contribution >= 0.6 is 0 Å². The lowest BCUT2D eigenvalue weighted by Gasteiger charge is -2.32. The highest BCUT2D eigenvalue weighted by Crippen LogP contribution is 2.39. The van der Waals surface area contributed by atoms with Crippen molar-refractivity contribution in [3.8, 4) is 22.6 Å². The molecule has 232 valence electrons. The molecule has 0 spiro atoms. The molecule has 8 heteroatoms. The average Bonchev–Trinajstić information content (AvgIpc) is 3.27. The fourth-order valence-corrected chi connectivity index (χ4v) is 6.20. The van der Waals surface area contributed by atoms with E-state index in [1.54, 1.807) is 24.3 Å². The molecule has 4 N–H and O–H groups in total. The highest BCUT2D eigenvalue weighted by Gasteiger charge is 2.16. The predicted octanol–water partition coefficient (Wildman–Crippen LogP) is 6.97. The van der Waals surface area contributed by atoms with E-state index >= 15 is 0 Å². The first-order chi connectivity index (χ1) is 21.8. The van der Waals surface area contributed by atoms with E-state index in [0.29, 0.717) is 22.4 Å². The van der Waals surface area contributed by atoms with E-state index in [2.05, 4.69) is 64.1 Å². The Kier molecular flexibility index (Phi) is 8.78. The zero-order valence-electron chi connectivity index (χ0n) is 26.2. The van der Waals surface area contributed by atoms with Gasteiger partial charge in [0, 0.05) is 84.1 Å². The highest BCUT2D eigenvalue weighted by atomic mass is 16.3. The van der Waals surface area contributed by atoms with E-state index in [1.165, 1.54) is 34.3 Å². The van der Waals surface area contributed by atoms with E-state index in [1.807, 2.05) is 30.3 Å². The zero-order valence-corrected chi connectivity index (χ0v) is 26.2. The van der Waals surface area contributed by atoms with Crippen molar-refractivity contribution >= 4 is 33.9 Å². The first-order valence-electron chi connectivity index (χ1n) is 15.6. The molecule has 1 aliphatic heterocycles. The SMILES string of the molecule is Cc1c(C)n(CCCN2CCN(C)CC2)c2ccc(Nc3ccc(C(=O)Nc4cc(O)c(-c5ccccc5)c(O)c4)cc3)cc12. The normalized spacial score (nSPS) is 14.1. The molecule has 1 aromatic heterocycles. The van der Waals surface area contributed by atoms with E-state index in [4.69, 9.17) is 0 Å². The van der Waals surface area contributed by atoms with Crippen molar-refractivity contribution in [1.29, 1.82) is 0 Å². The number of aryl methyl sites for hydroxylation is 2. The summed E-state index contributed by atoms with van der Waals surface area (Å²) in [6.45, 7) is 11.1. The van der Waals surface area contributed by atoms with Gasteiger partial charge in [-0.3, -0.25) is 4.79 Å². The Morgan fingerprint density at radius 3 is 2.13 bits per heavy atom. The van der Waals surface area contributed by atoms with Crippen LogP contribution in [0, 0.1) is 13.8 Å². The molecular weight excluding hydrogens is 562 g/mol. The molecular formula is C37H41N5O3. The Labute approximate surface area is 264 Å². The number of benzene rings is 4. The number of hydrogen-bond acceptors (Lipinski definition) is 6. The first kappa shape index (κ1) is 30.2. The number of nitrogens with one attached hydrogen (secondary N) is 2. The number of amides is 1. The van der Waals surface area contributed by atoms with E-state index in [0.717, 1.165) is 57.1 Å². The molecule has 45 heavy (non-hydrogen) atoms. The molecule has 0 saturated carbocycles. The number of anilines is 3. The van der Waals surface area contributed by atoms with Crippen LogP contribution < -0.4 is 10.6 Å². The van der Waals surface area contributed by atoms with Crippen molar-refractivity contribution in [3.05, 3.63) is 102 Å². The Bertz CT molecular complexity index is 1780. The fourth-order valence-electron chi connectivity index (χ4n) is 6.20. The summed E-state index contributed by atoms with van der Waals surface area (Å²) in [6.07, 6.45) is 1.13. The smallest absolute Gasteiger partial charge is 0.255 e. The van der Waals surface area contributed by atoms with Gasteiger partial charge in [0.15, 0.2) is 0 Å². The van der Waals surface area contributed by atoms with Gasteiger partial charge in [0.05, 0.1) is 5.56 Å². The second-order valence-electron chi connectivity index (χ2n) is 12.0. The second-order valence-corrected chi connectivity index (χ2v) is 12.0. The van der Waals surface area contributed by atoms with Gasteiger partial charge in [-0.05, 0) is 87.5 Å². The summed E-state index contributed by atoms with van der Waals surface area (Å²) in [5.74, 6) is -0.562. The number of phenols is 2. The maximum Gasteiger partial charge on any atom is 0.255 e. The summed E-state index contributed by atoms with van der Waals surface area (Å²) in [7, 11) is 2.20. The van der Waals surface area contributed by atoms with Crippen molar-refractivity contribution in [2.75, 3.05) is 50.4 Å². The van der Waals surface area contributed by atoms with Gasteiger partial charge in [-0.2, -0.15) is 0 Å². The number of carbonyl (C=O) groups is 1. The van der Waals surface area contributed by atoms with Crippen LogP contribution in [0.4, 0.5) is 17.1 Å². The molecule has 6 rings (SSSR count). The summed E-state index contributed by atoms with van der Waals surface area (Å²) in [6, 6.07) is 25.8. The molecule has 0 bridgehead atoms. The van der Waals surface area contributed by atoms with Crippen molar-refractivity contribution in [1.82, 2.24) is 14.4 Å². The minimum absolute atomic E-state index is 0.112. The van der Waals surface area contributed by atoms with Crippen molar-refractivity contribution < 1.29 is 15.0 Å². The Morgan fingerprint density at radius 1 is 0.778 bits per heavy atom. The van der Waals surface area contributed by atoms with Crippen molar-refractivity contribution in [2.24, 2.45) is 0 Å². The van der Waals surface area contributed by atoms with Crippen LogP contribution in [-0.4, -0.2) is 70.3 Å². The van der Waals surface area contributed by atoms with Gasteiger partial charge < -0.3 is 35.2 Å². The standard InChI is InChI=1S/C37H41N5O3/c1-25-26(2)42(17-7-16-41-20-18-40(3)19-21-41)33-15-14-30(22-32(25)33)38-29-12-10-28(11-13-29)37(45)39-31-23-34(43)36(35(44)24-31)27-8-5-4-6-9-27/h4-6,8-15,22-24,38,43-44H,7,16-21H2,1-3H3,(H,39,45). The topological polar surface area (TPSA) is 93.0 Å². The molecule has 0 radical (unpaired) electrons. The van der Waals surface area contributed by atoms with E-state index in [9.17, 15) is 15.0 Å². The third-order valence-corrected chi connectivity index (χ3v) is 8.94. The Balaban J connectivity index is 1.09. The van der Waals surface area contributed by atoms with Crippen LogP contribution in [0.25, 0.3) is 22.0 Å². The van der Waals surface area contributed by atoms with Crippen molar-refractivity contribution in [3.63, 3.8) is 0 Å². The minimum atomic E-state index is -0.339. The fraction of sp³-hybridized carbons (Fsp3) is 0.270. The van der Waals surface area contributed by atoms with Crippen LogP contribution in [0.2, 0.25) is 0 Å². The molecule has 1 saturated heterocycles. The van der Waals surface area contributed by atoms with Crippen LogP contribution in [-0.2, 0) is 6.54 Å². The molecule has 0 atom stereocenters. The number of aromatic hydroxyl groups is 2. The van der Waals surface area contributed by atoms with Crippen LogP contribution in [0.3, 0.4) is 0 Å². The lowest BCUT2D eigenvalue weighted by Crippen LogP contribution is -2.44. The highest BCUT2D eigenvalue weighted by molar-refractivity contribution is 6.05. The largest absolute Gasteiger partial charge is 0.507 e. The van der Waals surface area contributed by atoms with Crippen molar-refractivity contribution in [2.45, 2.75) is 26.8 Å². The number of aromatic nitrogens is 1.